The van der Waals surface area contributed by atoms with Gasteiger partial charge in [0.1, 0.15) is 6.04 Å². The highest BCUT2D eigenvalue weighted by atomic mass is 16.4. The Labute approximate surface area is 113 Å². The maximum atomic E-state index is 11.3. The number of likely N-dealkylation sites (tertiary alicyclic amines) is 1. The SMILES string of the molecule is CC1(C)C(O)CCN(C(CC(=O)O)C(=O)O)C1(C)C. The Morgan fingerprint density at radius 1 is 1.26 bits per heavy atom. The average Bonchev–Trinajstić information content (AvgIpc) is 2.24. The Hall–Kier alpha value is -1.14. The summed E-state index contributed by atoms with van der Waals surface area (Å²) in [5, 5.41) is 28.3. The van der Waals surface area contributed by atoms with Gasteiger partial charge in [-0.25, -0.2) is 0 Å². The average molecular weight is 273 g/mol. The van der Waals surface area contributed by atoms with E-state index in [4.69, 9.17) is 5.11 Å². The van der Waals surface area contributed by atoms with Crippen LogP contribution in [0.1, 0.15) is 40.5 Å². The molecule has 0 aromatic heterocycles. The molecule has 110 valence electrons. The molecule has 0 aromatic rings. The third-order valence-corrected chi connectivity index (χ3v) is 4.80. The van der Waals surface area contributed by atoms with Crippen LogP contribution in [0.25, 0.3) is 0 Å². The zero-order valence-corrected chi connectivity index (χ0v) is 11.9. The maximum Gasteiger partial charge on any atom is 0.321 e. The molecule has 1 aliphatic rings. The normalized spacial score (nSPS) is 27.7. The maximum absolute atomic E-state index is 11.3. The number of carbonyl (C=O) groups is 2. The van der Waals surface area contributed by atoms with Crippen LogP contribution < -0.4 is 0 Å². The van der Waals surface area contributed by atoms with Gasteiger partial charge in [-0.2, -0.15) is 0 Å². The van der Waals surface area contributed by atoms with Crippen molar-refractivity contribution in [2.45, 2.75) is 58.2 Å². The number of carboxylic acids is 2. The summed E-state index contributed by atoms with van der Waals surface area (Å²) in [6.45, 7) is 7.84. The second kappa shape index (κ2) is 5.09. The first-order valence-electron chi connectivity index (χ1n) is 6.41. The van der Waals surface area contributed by atoms with Crippen molar-refractivity contribution >= 4 is 11.9 Å². The number of piperidine rings is 1. The topological polar surface area (TPSA) is 98.1 Å². The van der Waals surface area contributed by atoms with Gasteiger partial charge in [-0.1, -0.05) is 13.8 Å². The van der Waals surface area contributed by atoms with Gasteiger partial charge in [-0.15, -0.1) is 0 Å². The molecule has 1 rings (SSSR count). The minimum absolute atomic E-state index is 0.377. The van der Waals surface area contributed by atoms with E-state index in [-0.39, 0.29) is 0 Å². The summed E-state index contributed by atoms with van der Waals surface area (Å²) in [4.78, 5) is 23.9. The highest BCUT2D eigenvalue weighted by Crippen LogP contribution is 2.44. The Balaban J connectivity index is 3.10. The fourth-order valence-electron chi connectivity index (χ4n) is 2.72. The molecule has 0 radical (unpaired) electrons. The van der Waals surface area contributed by atoms with Crippen LogP contribution in [0.2, 0.25) is 0 Å². The molecule has 3 N–H and O–H groups in total. The van der Waals surface area contributed by atoms with E-state index < -0.39 is 41.5 Å². The van der Waals surface area contributed by atoms with Crippen LogP contribution in [0.4, 0.5) is 0 Å². The van der Waals surface area contributed by atoms with Crippen molar-refractivity contribution in [3.8, 4) is 0 Å². The van der Waals surface area contributed by atoms with Crippen LogP contribution >= 0.6 is 0 Å². The first-order chi connectivity index (χ1) is 8.51. The van der Waals surface area contributed by atoms with Crippen molar-refractivity contribution in [3.63, 3.8) is 0 Å². The molecule has 1 aliphatic heterocycles. The Bertz CT molecular complexity index is 377. The van der Waals surface area contributed by atoms with E-state index >= 15 is 0 Å². The van der Waals surface area contributed by atoms with E-state index in [0.717, 1.165) is 0 Å². The number of carboxylic acid groups (broad SMARTS) is 2. The predicted molar refractivity (Wildman–Crippen MR) is 68.9 cm³/mol. The third-order valence-electron chi connectivity index (χ3n) is 4.80. The number of rotatable bonds is 4. The molecule has 6 nitrogen and oxygen atoms in total. The molecule has 2 atom stereocenters. The molecule has 1 heterocycles. The number of aliphatic hydroxyl groups is 1. The standard InChI is InChI=1S/C13H23NO5/c1-12(2)9(15)5-6-14(13(12,3)4)8(11(18)19)7-10(16)17/h8-9,15H,5-7H2,1-4H3,(H,16,17)(H,18,19). The van der Waals surface area contributed by atoms with E-state index in [1.54, 1.807) is 4.90 Å². The second-order valence-corrected chi connectivity index (χ2v) is 6.23. The van der Waals surface area contributed by atoms with Gasteiger partial charge in [0.15, 0.2) is 0 Å². The van der Waals surface area contributed by atoms with E-state index in [1.807, 2.05) is 27.7 Å². The van der Waals surface area contributed by atoms with Gasteiger partial charge in [0, 0.05) is 17.5 Å². The highest BCUT2D eigenvalue weighted by Gasteiger charge is 2.52. The fourth-order valence-corrected chi connectivity index (χ4v) is 2.72. The smallest absolute Gasteiger partial charge is 0.321 e. The van der Waals surface area contributed by atoms with Crippen molar-refractivity contribution in [1.82, 2.24) is 4.90 Å². The zero-order valence-electron chi connectivity index (χ0n) is 11.9. The van der Waals surface area contributed by atoms with E-state index in [1.165, 1.54) is 0 Å². The molecule has 0 spiro atoms. The van der Waals surface area contributed by atoms with Crippen LogP contribution in [0, 0.1) is 5.41 Å². The van der Waals surface area contributed by atoms with Crippen molar-refractivity contribution in [2.75, 3.05) is 6.54 Å². The van der Waals surface area contributed by atoms with E-state index in [2.05, 4.69) is 0 Å². The number of hydrogen-bond acceptors (Lipinski definition) is 4. The summed E-state index contributed by atoms with van der Waals surface area (Å²) < 4.78 is 0. The first-order valence-corrected chi connectivity index (χ1v) is 6.41. The predicted octanol–water partition coefficient (Wildman–Crippen LogP) is 0.786. The number of aliphatic hydroxyl groups excluding tert-OH is 1. The molecule has 19 heavy (non-hydrogen) atoms. The molecule has 1 saturated heterocycles. The number of hydrogen-bond donors (Lipinski definition) is 3. The van der Waals surface area contributed by atoms with Crippen LogP contribution in [0.15, 0.2) is 0 Å². The van der Waals surface area contributed by atoms with Gasteiger partial charge in [0.05, 0.1) is 12.5 Å². The highest BCUT2D eigenvalue weighted by molar-refractivity contribution is 5.80. The minimum Gasteiger partial charge on any atom is -0.481 e. The minimum atomic E-state index is -1.14. The third kappa shape index (κ3) is 2.74. The second-order valence-electron chi connectivity index (χ2n) is 6.23. The molecule has 2 unspecified atom stereocenters. The van der Waals surface area contributed by atoms with Crippen molar-refractivity contribution in [2.24, 2.45) is 5.41 Å². The molecule has 6 heteroatoms. The van der Waals surface area contributed by atoms with Crippen molar-refractivity contribution < 1.29 is 24.9 Å². The zero-order chi connectivity index (χ0) is 15.0. The molecule has 0 aromatic carbocycles. The summed E-state index contributed by atoms with van der Waals surface area (Å²) in [5.74, 6) is -2.27. The Kier molecular flexibility index (Phi) is 4.27. The molecular weight excluding hydrogens is 250 g/mol. The lowest BCUT2D eigenvalue weighted by Gasteiger charge is -2.57. The Morgan fingerprint density at radius 3 is 2.21 bits per heavy atom. The monoisotopic (exact) mass is 273 g/mol. The lowest BCUT2D eigenvalue weighted by molar-refractivity contribution is -0.166. The summed E-state index contributed by atoms with van der Waals surface area (Å²) in [6.07, 6.45) is -0.525. The van der Waals surface area contributed by atoms with E-state index in [9.17, 15) is 19.8 Å². The fraction of sp³-hybridized carbons (Fsp3) is 0.846. The Morgan fingerprint density at radius 2 is 1.79 bits per heavy atom. The summed E-state index contributed by atoms with van der Waals surface area (Å²) >= 11 is 0. The van der Waals surface area contributed by atoms with Gasteiger partial charge in [-0.3, -0.25) is 14.5 Å². The van der Waals surface area contributed by atoms with E-state index in [0.29, 0.717) is 13.0 Å². The van der Waals surface area contributed by atoms with Gasteiger partial charge in [0.25, 0.3) is 0 Å². The van der Waals surface area contributed by atoms with Crippen LogP contribution in [0.3, 0.4) is 0 Å². The number of aliphatic carboxylic acids is 2. The molecule has 0 aliphatic carbocycles. The lowest BCUT2D eigenvalue weighted by atomic mass is 9.65. The molecule has 0 saturated carbocycles. The van der Waals surface area contributed by atoms with Crippen LogP contribution in [0.5, 0.6) is 0 Å². The summed E-state index contributed by atoms with van der Waals surface area (Å²) in [7, 11) is 0. The van der Waals surface area contributed by atoms with Crippen molar-refractivity contribution in [3.05, 3.63) is 0 Å². The summed E-state index contributed by atoms with van der Waals surface area (Å²) in [5.41, 5.74) is -1.12. The van der Waals surface area contributed by atoms with Gasteiger partial charge < -0.3 is 15.3 Å². The number of nitrogens with zero attached hydrogens (tertiary/aromatic N) is 1. The van der Waals surface area contributed by atoms with Gasteiger partial charge in [0.2, 0.25) is 0 Å². The quantitative estimate of drug-likeness (QED) is 0.700. The van der Waals surface area contributed by atoms with Gasteiger partial charge in [-0.05, 0) is 20.3 Å². The van der Waals surface area contributed by atoms with Gasteiger partial charge >= 0.3 is 11.9 Å². The van der Waals surface area contributed by atoms with Crippen molar-refractivity contribution in [1.29, 1.82) is 0 Å². The van der Waals surface area contributed by atoms with Crippen LogP contribution in [-0.2, 0) is 9.59 Å². The molecule has 0 amide bonds. The molecular formula is C13H23NO5. The largest absolute Gasteiger partial charge is 0.481 e. The molecule has 0 bridgehead atoms. The van der Waals surface area contributed by atoms with Crippen LogP contribution in [-0.4, -0.2) is 56.4 Å². The summed E-state index contributed by atoms with van der Waals surface area (Å²) in [6, 6.07) is -1.07. The first kappa shape index (κ1) is 15.9. The molecule has 1 fully saturated rings. The lowest BCUT2D eigenvalue weighted by Crippen LogP contribution is -2.66.